The van der Waals surface area contributed by atoms with Crippen LogP contribution in [0.2, 0.25) is 0 Å². The van der Waals surface area contributed by atoms with Crippen LogP contribution >= 0.6 is 0 Å². The minimum absolute atomic E-state index is 0.0706. The lowest BCUT2D eigenvalue weighted by Gasteiger charge is -2.21. The minimum Gasteiger partial charge on any atom is -0.349 e. The Balaban J connectivity index is 1.54. The molecule has 0 bridgehead atoms. The summed E-state index contributed by atoms with van der Waals surface area (Å²) in [4.78, 5) is 51.2. The van der Waals surface area contributed by atoms with Crippen LogP contribution in [0, 0.1) is 23.1 Å². The van der Waals surface area contributed by atoms with Gasteiger partial charge in [-0.3, -0.25) is 23.5 Å². The summed E-state index contributed by atoms with van der Waals surface area (Å²) >= 11 is 0. The van der Waals surface area contributed by atoms with Gasteiger partial charge < -0.3 is 10.6 Å². The standard InChI is InChI=1S/C26H26FN5O4/c1-3-31-22-11-10-17(13-19(22)25(35)32(4-2)26(31)36)29-24(34)18-6-5-7-21(18)30-23(33)15-8-9-16(14-28)20(27)12-15/h8-13,18,21H,3-7H2,1-2H3,(H,29,34)(H,30,33)/t18-,21+/m1/s1. The average Bonchev–Trinajstić information content (AvgIpc) is 3.33. The van der Waals surface area contributed by atoms with Crippen LogP contribution in [0.25, 0.3) is 10.9 Å². The number of nitriles is 1. The first-order valence-corrected chi connectivity index (χ1v) is 11.9. The Kier molecular flexibility index (Phi) is 7.01. The highest BCUT2D eigenvalue weighted by Gasteiger charge is 2.34. The van der Waals surface area contributed by atoms with Gasteiger partial charge >= 0.3 is 5.69 Å². The molecule has 1 heterocycles. The zero-order valence-electron chi connectivity index (χ0n) is 20.0. The fourth-order valence-corrected chi connectivity index (χ4v) is 4.77. The van der Waals surface area contributed by atoms with E-state index in [1.165, 1.54) is 16.7 Å². The quantitative estimate of drug-likeness (QED) is 0.548. The topological polar surface area (TPSA) is 126 Å². The molecule has 0 radical (unpaired) electrons. The molecule has 2 atom stereocenters. The first-order chi connectivity index (χ1) is 17.3. The molecule has 1 saturated carbocycles. The Morgan fingerprint density at radius 3 is 2.50 bits per heavy atom. The van der Waals surface area contributed by atoms with Crippen molar-refractivity contribution < 1.29 is 14.0 Å². The molecule has 4 rings (SSSR count). The minimum atomic E-state index is -0.780. The van der Waals surface area contributed by atoms with Gasteiger partial charge in [0.05, 0.1) is 22.4 Å². The van der Waals surface area contributed by atoms with Crippen LogP contribution in [0.1, 0.15) is 49.0 Å². The second-order valence-electron chi connectivity index (χ2n) is 8.72. The van der Waals surface area contributed by atoms with Gasteiger partial charge in [0.1, 0.15) is 11.9 Å². The highest BCUT2D eigenvalue weighted by Crippen LogP contribution is 2.28. The van der Waals surface area contributed by atoms with Crippen molar-refractivity contribution in [3.63, 3.8) is 0 Å². The van der Waals surface area contributed by atoms with E-state index in [9.17, 15) is 23.6 Å². The summed E-state index contributed by atoms with van der Waals surface area (Å²) < 4.78 is 16.6. The van der Waals surface area contributed by atoms with Crippen molar-refractivity contribution in [3.05, 3.63) is 74.2 Å². The maximum Gasteiger partial charge on any atom is 0.331 e. The molecular formula is C26H26FN5O4. The van der Waals surface area contributed by atoms with E-state index in [0.29, 0.717) is 36.0 Å². The van der Waals surface area contributed by atoms with Crippen molar-refractivity contribution in [2.75, 3.05) is 5.32 Å². The lowest BCUT2D eigenvalue weighted by Crippen LogP contribution is -2.42. The molecule has 0 unspecified atom stereocenters. The van der Waals surface area contributed by atoms with Crippen LogP contribution in [-0.4, -0.2) is 27.0 Å². The molecule has 0 aliphatic heterocycles. The normalized spacial score (nSPS) is 17.1. The van der Waals surface area contributed by atoms with Crippen molar-refractivity contribution >= 4 is 28.4 Å². The van der Waals surface area contributed by atoms with Gasteiger partial charge in [0.15, 0.2) is 0 Å². The number of anilines is 1. The van der Waals surface area contributed by atoms with Crippen LogP contribution in [0.3, 0.4) is 0 Å². The summed E-state index contributed by atoms with van der Waals surface area (Å²) in [6, 6.07) is 9.74. The predicted octanol–water partition coefficient (Wildman–Crippen LogP) is 2.75. The third-order valence-electron chi connectivity index (χ3n) is 6.65. The Hall–Kier alpha value is -4.26. The van der Waals surface area contributed by atoms with E-state index in [1.807, 2.05) is 6.92 Å². The van der Waals surface area contributed by atoms with E-state index in [-0.39, 0.29) is 29.3 Å². The van der Waals surface area contributed by atoms with Crippen molar-refractivity contribution in [3.8, 4) is 6.07 Å². The number of hydrogen-bond acceptors (Lipinski definition) is 5. The number of nitrogens with one attached hydrogen (secondary N) is 2. The molecule has 0 spiro atoms. The van der Waals surface area contributed by atoms with Crippen molar-refractivity contribution in [1.82, 2.24) is 14.5 Å². The lowest BCUT2D eigenvalue weighted by atomic mass is 10.0. The number of halogens is 1. The Morgan fingerprint density at radius 2 is 1.83 bits per heavy atom. The van der Waals surface area contributed by atoms with Crippen molar-refractivity contribution in [1.29, 1.82) is 5.26 Å². The molecule has 0 saturated heterocycles. The van der Waals surface area contributed by atoms with Gasteiger partial charge in [-0.2, -0.15) is 5.26 Å². The van der Waals surface area contributed by atoms with E-state index in [0.717, 1.165) is 17.1 Å². The van der Waals surface area contributed by atoms with Crippen molar-refractivity contribution in [2.24, 2.45) is 5.92 Å². The van der Waals surface area contributed by atoms with Crippen LogP contribution in [0.4, 0.5) is 10.1 Å². The summed E-state index contributed by atoms with van der Waals surface area (Å²) in [6.45, 7) is 4.17. The molecule has 2 amide bonds. The SMILES string of the molecule is CCn1c(=O)c2cc(NC(=O)[C@@H]3CCC[C@@H]3NC(=O)c3ccc(C#N)c(F)c3)ccc2n(CC)c1=O. The Bertz CT molecular complexity index is 1520. The van der Waals surface area contributed by atoms with E-state index in [2.05, 4.69) is 10.6 Å². The van der Waals surface area contributed by atoms with Gasteiger partial charge in [0, 0.05) is 30.4 Å². The molecule has 9 nitrogen and oxygen atoms in total. The molecular weight excluding hydrogens is 465 g/mol. The first-order valence-electron chi connectivity index (χ1n) is 11.9. The zero-order chi connectivity index (χ0) is 26.0. The molecule has 1 fully saturated rings. The van der Waals surface area contributed by atoms with E-state index < -0.39 is 29.2 Å². The number of fused-ring (bicyclic) bond motifs is 1. The number of amides is 2. The van der Waals surface area contributed by atoms with E-state index in [1.54, 1.807) is 31.2 Å². The molecule has 2 aromatic carbocycles. The second kappa shape index (κ2) is 10.2. The highest BCUT2D eigenvalue weighted by atomic mass is 19.1. The molecule has 1 aliphatic rings. The zero-order valence-corrected chi connectivity index (χ0v) is 20.0. The Labute approximate surface area is 206 Å². The molecule has 1 aromatic heterocycles. The number of aromatic nitrogens is 2. The van der Waals surface area contributed by atoms with E-state index >= 15 is 0 Å². The smallest absolute Gasteiger partial charge is 0.331 e. The maximum absolute atomic E-state index is 13.9. The summed E-state index contributed by atoms with van der Waals surface area (Å²) in [7, 11) is 0. The monoisotopic (exact) mass is 491 g/mol. The maximum atomic E-state index is 13.9. The number of carbonyl (C=O) groups excluding carboxylic acids is 2. The van der Waals surface area contributed by atoms with Crippen LogP contribution in [-0.2, 0) is 17.9 Å². The first kappa shape index (κ1) is 24.9. The summed E-state index contributed by atoms with van der Waals surface area (Å²) in [6.07, 6.45) is 1.88. The third kappa shape index (κ3) is 4.52. The summed E-state index contributed by atoms with van der Waals surface area (Å²) in [5.74, 6) is -2.11. The fourth-order valence-electron chi connectivity index (χ4n) is 4.77. The van der Waals surface area contributed by atoms with Crippen LogP contribution in [0.5, 0.6) is 0 Å². The molecule has 10 heteroatoms. The molecule has 36 heavy (non-hydrogen) atoms. The number of rotatable bonds is 6. The van der Waals surface area contributed by atoms with Gasteiger partial charge in [-0.15, -0.1) is 0 Å². The molecule has 3 aromatic rings. The molecule has 186 valence electrons. The summed E-state index contributed by atoms with van der Waals surface area (Å²) in [5, 5.41) is 14.8. The molecule has 1 aliphatic carbocycles. The van der Waals surface area contributed by atoms with Gasteiger partial charge in [0.25, 0.3) is 11.5 Å². The largest absolute Gasteiger partial charge is 0.349 e. The van der Waals surface area contributed by atoms with Gasteiger partial charge in [-0.1, -0.05) is 6.42 Å². The number of hydrogen-bond donors (Lipinski definition) is 2. The second-order valence-corrected chi connectivity index (χ2v) is 8.72. The Morgan fingerprint density at radius 1 is 1.08 bits per heavy atom. The van der Waals surface area contributed by atoms with Crippen LogP contribution < -0.4 is 21.9 Å². The molecule has 2 N–H and O–H groups in total. The number of carbonyl (C=O) groups is 2. The highest BCUT2D eigenvalue weighted by molar-refractivity contribution is 5.97. The number of aryl methyl sites for hydroxylation is 1. The van der Waals surface area contributed by atoms with E-state index in [4.69, 9.17) is 5.26 Å². The third-order valence-corrected chi connectivity index (χ3v) is 6.65. The predicted molar refractivity (Wildman–Crippen MR) is 132 cm³/mol. The van der Waals surface area contributed by atoms with Gasteiger partial charge in [0.2, 0.25) is 5.91 Å². The van der Waals surface area contributed by atoms with Gasteiger partial charge in [-0.25, -0.2) is 9.18 Å². The summed E-state index contributed by atoms with van der Waals surface area (Å²) in [5.41, 5.74) is 0.0402. The van der Waals surface area contributed by atoms with Gasteiger partial charge in [-0.05, 0) is 63.1 Å². The number of nitrogens with zero attached hydrogens (tertiary/aromatic N) is 3. The van der Waals surface area contributed by atoms with Crippen molar-refractivity contribution in [2.45, 2.75) is 52.2 Å². The van der Waals surface area contributed by atoms with Crippen LogP contribution in [0.15, 0.2) is 46.0 Å². The fraction of sp³-hybridized carbons (Fsp3) is 0.346. The average molecular weight is 492 g/mol. The lowest BCUT2D eigenvalue weighted by molar-refractivity contribution is -0.120. The number of benzene rings is 2.